The average molecular weight is 553 g/mol. The van der Waals surface area contributed by atoms with Gasteiger partial charge < -0.3 is 30.7 Å². The number of nitrogens with one attached hydrogen (secondary N) is 2. The number of amides is 1. The van der Waals surface area contributed by atoms with Crippen LogP contribution in [-0.2, 0) is 14.3 Å². The molecule has 0 unspecified atom stereocenters. The molecule has 210 valence electrons. The fourth-order valence-electron chi connectivity index (χ4n) is 5.72. The second kappa shape index (κ2) is 17.3. The number of nitrogens with two attached hydrogens (primary N) is 1. The lowest BCUT2D eigenvalue weighted by molar-refractivity contribution is -0.145. The number of aliphatic carboxylic acids is 1. The normalized spacial score (nSPS) is 22.9. The van der Waals surface area contributed by atoms with Crippen molar-refractivity contribution in [2.75, 3.05) is 26.2 Å². The highest BCUT2D eigenvalue weighted by molar-refractivity contribution is 5.86. The van der Waals surface area contributed by atoms with E-state index in [1.165, 1.54) is 19.3 Å². The fourth-order valence-corrected chi connectivity index (χ4v) is 5.72. The maximum atomic E-state index is 13.6. The van der Waals surface area contributed by atoms with Gasteiger partial charge in [0.2, 0.25) is 5.91 Å². The van der Waals surface area contributed by atoms with Gasteiger partial charge in [0.1, 0.15) is 0 Å². The zero-order chi connectivity index (χ0) is 24.3. The number of hydrogen-bond acceptors (Lipinski definition) is 5. The fraction of sp³-hybridized carbons (Fsp3) is 0.880. The van der Waals surface area contributed by atoms with Crippen molar-refractivity contribution in [1.82, 2.24) is 15.1 Å². The molecule has 1 saturated carbocycles. The highest BCUT2D eigenvalue weighted by atomic mass is 35.5. The van der Waals surface area contributed by atoms with E-state index in [1.54, 1.807) is 0 Å². The predicted molar refractivity (Wildman–Crippen MR) is 146 cm³/mol. The summed E-state index contributed by atoms with van der Waals surface area (Å²) in [5, 5.41) is 20.5. The molecule has 0 spiro atoms. The monoisotopic (exact) mass is 551 g/mol. The molecule has 2 saturated heterocycles. The van der Waals surface area contributed by atoms with Crippen molar-refractivity contribution in [1.29, 1.82) is 5.41 Å². The number of halogens is 2. The summed E-state index contributed by atoms with van der Waals surface area (Å²) in [5.41, 5.74) is 5.57. The third-order valence-electron chi connectivity index (χ3n) is 7.72. The van der Waals surface area contributed by atoms with Gasteiger partial charge in [0, 0.05) is 38.3 Å². The van der Waals surface area contributed by atoms with Gasteiger partial charge >= 0.3 is 5.97 Å². The Bertz CT molecular complexity index is 671. The molecule has 3 rings (SSSR count). The summed E-state index contributed by atoms with van der Waals surface area (Å²) in [6.45, 7) is 2.79. The third-order valence-corrected chi connectivity index (χ3v) is 7.72. The van der Waals surface area contributed by atoms with Crippen LogP contribution in [0.15, 0.2) is 0 Å². The van der Waals surface area contributed by atoms with Crippen molar-refractivity contribution in [3.05, 3.63) is 0 Å². The minimum absolute atomic E-state index is 0. The Balaban J connectivity index is 0.00000324. The number of piperidine rings is 2. The maximum absolute atomic E-state index is 13.6. The van der Waals surface area contributed by atoms with Crippen molar-refractivity contribution in [3.63, 3.8) is 0 Å². The van der Waals surface area contributed by atoms with E-state index >= 15 is 0 Å². The number of carbonyl (C=O) groups excluding carboxylic acids is 1. The Hall–Kier alpha value is -1.29. The average Bonchev–Trinajstić information content (AvgIpc) is 2.80. The highest BCUT2D eigenvalue weighted by Gasteiger charge is 2.34. The van der Waals surface area contributed by atoms with E-state index in [0.29, 0.717) is 13.2 Å². The first-order chi connectivity index (χ1) is 16.4. The van der Waals surface area contributed by atoms with Crippen LogP contribution in [-0.4, -0.2) is 83.2 Å². The summed E-state index contributed by atoms with van der Waals surface area (Å²) in [5.74, 6) is -0.854. The van der Waals surface area contributed by atoms with Crippen LogP contribution in [0.2, 0.25) is 0 Å². The molecular formula is C25H47Cl2N5O4. The molecule has 0 aromatic heterocycles. The lowest BCUT2D eigenvalue weighted by Gasteiger charge is -2.39. The molecule has 3 aliphatic rings. The second-order valence-corrected chi connectivity index (χ2v) is 10.3. The van der Waals surface area contributed by atoms with Crippen molar-refractivity contribution < 1.29 is 19.4 Å². The van der Waals surface area contributed by atoms with E-state index in [-0.39, 0.29) is 61.3 Å². The number of hydrogen-bond donors (Lipinski definition) is 4. The topological polar surface area (TPSA) is 132 Å². The summed E-state index contributed by atoms with van der Waals surface area (Å²) >= 11 is 0. The number of carbonyl (C=O) groups is 2. The van der Waals surface area contributed by atoms with Crippen LogP contribution in [0.4, 0.5) is 0 Å². The van der Waals surface area contributed by atoms with E-state index in [9.17, 15) is 14.7 Å². The first-order valence-corrected chi connectivity index (χ1v) is 13.4. The number of nitrogens with zero attached hydrogens (tertiary/aromatic N) is 2. The minimum Gasteiger partial charge on any atom is -0.481 e. The summed E-state index contributed by atoms with van der Waals surface area (Å²) < 4.78 is 6.13. The van der Waals surface area contributed by atoms with Crippen LogP contribution in [0.5, 0.6) is 0 Å². The molecule has 0 radical (unpaired) electrons. The van der Waals surface area contributed by atoms with Crippen LogP contribution in [0.25, 0.3) is 0 Å². The molecule has 2 atom stereocenters. The van der Waals surface area contributed by atoms with Crippen molar-refractivity contribution in [2.24, 2.45) is 5.73 Å². The Kier molecular flexibility index (Phi) is 15.7. The largest absolute Gasteiger partial charge is 0.481 e. The zero-order valence-electron chi connectivity index (χ0n) is 21.5. The van der Waals surface area contributed by atoms with Crippen LogP contribution < -0.4 is 11.1 Å². The molecule has 5 N–H and O–H groups in total. The summed E-state index contributed by atoms with van der Waals surface area (Å²) in [6.07, 6.45) is 13.5. The van der Waals surface area contributed by atoms with Gasteiger partial charge in [-0.3, -0.25) is 15.0 Å². The first kappa shape index (κ1) is 32.7. The molecule has 36 heavy (non-hydrogen) atoms. The van der Waals surface area contributed by atoms with Gasteiger partial charge in [-0.15, -0.1) is 24.8 Å². The van der Waals surface area contributed by atoms with E-state index < -0.39 is 12.0 Å². The molecule has 9 nitrogen and oxygen atoms in total. The van der Waals surface area contributed by atoms with Crippen LogP contribution >= 0.6 is 24.8 Å². The van der Waals surface area contributed by atoms with Crippen molar-refractivity contribution in [3.8, 4) is 0 Å². The number of guanidine groups is 1. The molecule has 11 heteroatoms. The quantitative estimate of drug-likeness (QED) is 0.254. The molecule has 0 aromatic carbocycles. The number of carboxylic acids is 1. The first-order valence-electron chi connectivity index (χ1n) is 13.4. The van der Waals surface area contributed by atoms with Gasteiger partial charge in [0.15, 0.2) is 5.96 Å². The van der Waals surface area contributed by atoms with Crippen molar-refractivity contribution in [2.45, 2.75) is 114 Å². The lowest BCUT2D eigenvalue weighted by Crippen LogP contribution is -2.55. The van der Waals surface area contributed by atoms with Gasteiger partial charge in [0.05, 0.1) is 18.6 Å². The highest BCUT2D eigenvalue weighted by Crippen LogP contribution is 2.24. The van der Waals surface area contributed by atoms with Crippen LogP contribution in [0.1, 0.15) is 89.9 Å². The van der Waals surface area contributed by atoms with Gasteiger partial charge in [-0.2, -0.15) is 0 Å². The molecule has 2 heterocycles. The van der Waals surface area contributed by atoms with E-state index in [2.05, 4.69) is 5.32 Å². The zero-order valence-corrected chi connectivity index (χ0v) is 23.1. The Morgan fingerprint density at radius 1 is 0.944 bits per heavy atom. The maximum Gasteiger partial charge on any atom is 0.305 e. The number of likely N-dealkylation sites (tertiary alicyclic amines) is 2. The van der Waals surface area contributed by atoms with Crippen LogP contribution in [0, 0.1) is 5.41 Å². The molecule has 3 fully saturated rings. The molecule has 1 amide bonds. The van der Waals surface area contributed by atoms with E-state index in [0.717, 1.165) is 77.3 Å². The SMILES string of the molecule is Cl.Cl.N=C(N)N1CCC(OCC[C@H]2CCCCN2C(=O)[C@H](CC(=O)O)NC2CCCCCCC2)CC1. The van der Waals surface area contributed by atoms with Gasteiger partial charge in [-0.05, 0) is 51.4 Å². The number of carboxylic acid groups (broad SMARTS) is 1. The molecule has 0 aromatic rings. The molecule has 2 aliphatic heterocycles. The van der Waals surface area contributed by atoms with Crippen molar-refractivity contribution >= 4 is 42.7 Å². The van der Waals surface area contributed by atoms with Gasteiger partial charge in [-0.1, -0.05) is 32.1 Å². The third kappa shape index (κ3) is 10.6. The molecular weight excluding hydrogens is 505 g/mol. The summed E-state index contributed by atoms with van der Waals surface area (Å²) in [4.78, 5) is 29.0. The van der Waals surface area contributed by atoms with E-state index in [4.69, 9.17) is 15.9 Å². The number of ether oxygens (including phenoxy) is 1. The summed E-state index contributed by atoms with van der Waals surface area (Å²) in [6, 6.07) is -0.325. The standard InChI is InChI=1S/C25H45N5O4.2ClH/c26-25(27)29-15-11-21(12-16-29)34-17-13-20-10-6-7-14-30(20)24(33)22(18-23(31)32)28-19-8-4-2-1-3-5-9-19;;/h19-22,28H,1-18H2,(H3,26,27)(H,31,32);2*1H/t20-,22+;;/m1../s1. The van der Waals surface area contributed by atoms with Crippen LogP contribution in [0.3, 0.4) is 0 Å². The molecule has 0 bridgehead atoms. The minimum atomic E-state index is -0.925. The molecule has 1 aliphatic carbocycles. The Morgan fingerprint density at radius 3 is 2.17 bits per heavy atom. The summed E-state index contributed by atoms with van der Waals surface area (Å²) in [7, 11) is 0. The van der Waals surface area contributed by atoms with Gasteiger partial charge in [0.25, 0.3) is 0 Å². The lowest BCUT2D eigenvalue weighted by atomic mass is 9.94. The smallest absolute Gasteiger partial charge is 0.305 e. The number of rotatable bonds is 9. The predicted octanol–water partition coefficient (Wildman–Crippen LogP) is 3.52. The Labute approximate surface area is 228 Å². The second-order valence-electron chi connectivity index (χ2n) is 10.3. The van der Waals surface area contributed by atoms with Gasteiger partial charge in [-0.25, -0.2) is 0 Å². The Morgan fingerprint density at radius 2 is 1.56 bits per heavy atom. The van der Waals surface area contributed by atoms with E-state index in [1.807, 2.05) is 9.80 Å².